The molecule has 0 atom stereocenters. The lowest BCUT2D eigenvalue weighted by Crippen LogP contribution is -2.42. The van der Waals surface area contributed by atoms with Crippen LogP contribution >= 0.6 is 11.6 Å². The van der Waals surface area contributed by atoms with Crippen LogP contribution in [0.15, 0.2) is 42.7 Å². The zero-order valence-electron chi connectivity index (χ0n) is 10.6. The summed E-state index contributed by atoms with van der Waals surface area (Å²) in [6.45, 7) is 0. The molecule has 106 valence electrons. The van der Waals surface area contributed by atoms with E-state index in [-0.39, 0.29) is 10.8 Å². The lowest BCUT2D eigenvalue weighted by atomic mass is 10.4. The Kier molecular flexibility index (Phi) is 3.33. The second-order valence-electron chi connectivity index (χ2n) is 4.17. The Morgan fingerprint density at radius 3 is 2.71 bits per heavy atom. The number of hydrogen-bond donors (Lipinski definition) is 3. The molecule has 0 aromatic carbocycles. The smallest absolute Gasteiger partial charge is 0.289 e. The third-order valence-electron chi connectivity index (χ3n) is 2.83. The number of fused-ring (bicyclic) bond motifs is 1. The summed E-state index contributed by atoms with van der Waals surface area (Å²) in [6.07, 6.45) is 3.27. The van der Waals surface area contributed by atoms with Crippen LogP contribution in [-0.4, -0.2) is 26.2 Å². The average molecular weight is 304 g/mol. The van der Waals surface area contributed by atoms with E-state index < -0.39 is 11.8 Å². The van der Waals surface area contributed by atoms with Crippen LogP contribution in [0.1, 0.15) is 21.0 Å². The Morgan fingerprint density at radius 2 is 1.95 bits per heavy atom. The largest absolute Gasteiger partial charge is 0.357 e. The molecule has 0 aliphatic carbocycles. The topological polar surface area (TPSA) is 91.3 Å². The van der Waals surface area contributed by atoms with Gasteiger partial charge < -0.3 is 4.98 Å². The summed E-state index contributed by atoms with van der Waals surface area (Å²) in [4.78, 5) is 30.6. The summed E-state index contributed by atoms with van der Waals surface area (Å²) in [7, 11) is 0. The zero-order valence-corrected chi connectivity index (χ0v) is 11.4. The SMILES string of the molecule is O=C(NNC(=O)c1c(Cl)nc2ccccn12)c1ccc[nH]1. The first-order valence-electron chi connectivity index (χ1n) is 6.03. The second kappa shape index (κ2) is 5.29. The lowest BCUT2D eigenvalue weighted by Gasteiger charge is -2.06. The highest BCUT2D eigenvalue weighted by molar-refractivity contribution is 6.32. The van der Waals surface area contributed by atoms with Gasteiger partial charge in [0.1, 0.15) is 11.3 Å². The number of nitrogens with zero attached hydrogens (tertiary/aromatic N) is 2. The number of hydrogen-bond acceptors (Lipinski definition) is 3. The van der Waals surface area contributed by atoms with Crippen LogP contribution in [-0.2, 0) is 0 Å². The number of pyridine rings is 1. The number of nitrogens with one attached hydrogen (secondary N) is 3. The zero-order chi connectivity index (χ0) is 14.8. The number of hydrazine groups is 1. The van der Waals surface area contributed by atoms with E-state index in [0.29, 0.717) is 11.3 Å². The molecule has 3 N–H and O–H groups in total. The highest BCUT2D eigenvalue weighted by atomic mass is 35.5. The molecule has 0 bridgehead atoms. The minimum absolute atomic E-state index is 0.0628. The minimum atomic E-state index is -0.557. The monoisotopic (exact) mass is 303 g/mol. The standard InChI is InChI=1S/C13H10ClN5O2/c14-11-10(19-7-2-1-5-9(19)16-11)13(21)18-17-12(20)8-4-3-6-15-8/h1-7,15H,(H,17,20)(H,18,21). The quantitative estimate of drug-likeness (QED) is 0.625. The molecule has 2 amide bonds. The molecule has 0 saturated carbocycles. The van der Waals surface area contributed by atoms with Crippen LogP contribution < -0.4 is 10.9 Å². The molecule has 0 spiro atoms. The van der Waals surface area contributed by atoms with Crippen LogP contribution in [0, 0.1) is 0 Å². The molecule has 3 aromatic heterocycles. The van der Waals surface area contributed by atoms with E-state index in [1.165, 1.54) is 0 Å². The van der Waals surface area contributed by atoms with E-state index in [1.54, 1.807) is 47.1 Å². The van der Waals surface area contributed by atoms with E-state index >= 15 is 0 Å². The molecule has 21 heavy (non-hydrogen) atoms. The van der Waals surface area contributed by atoms with Crippen LogP contribution in [0.5, 0.6) is 0 Å². The lowest BCUT2D eigenvalue weighted by molar-refractivity contribution is 0.0841. The summed E-state index contributed by atoms with van der Waals surface area (Å²) in [5.41, 5.74) is 5.63. The fraction of sp³-hybridized carbons (Fsp3) is 0. The first-order valence-corrected chi connectivity index (χ1v) is 6.41. The molecule has 3 rings (SSSR count). The molecule has 0 saturated heterocycles. The van der Waals surface area contributed by atoms with Crippen LogP contribution in [0.2, 0.25) is 5.15 Å². The van der Waals surface area contributed by atoms with Gasteiger partial charge >= 0.3 is 0 Å². The highest BCUT2D eigenvalue weighted by Crippen LogP contribution is 2.17. The summed E-state index contributed by atoms with van der Waals surface area (Å²) in [5.74, 6) is -1.02. The van der Waals surface area contributed by atoms with Gasteiger partial charge in [-0.1, -0.05) is 17.7 Å². The molecule has 8 heteroatoms. The number of aromatic nitrogens is 3. The third kappa shape index (κ3) is 2.46. The average Bonchev–Trinajstić information content (AvgIpc) is 3.10. The first-order chi connectivity index (χ1) is 10.2. The second-order valence-corrected chi connectivity index (χ2v) is 4.53. The number of H-pyrrole nitrogens is 1. The number of carbonyl (C=O) groups excluding carboxylic acids is 2. The predicted molar refractivity (Wildman–Crippen MR) is 75.9 cm³/mol. The van der Waals surface area contributed by atoms with Gasteiger partial charge in [-0.3, -0.25) is 24.8 Å². The van der Waals surface area contributed by atoms with Gasteiger partial charge in [0.25, 0.3) is 11.8 Å². The van der Waals surface area contributed by atoms with Crippen molar-refractivity contribution in [1.29, 1.82) is 0 Å². The van der Waals surface area contributed by atoms with Crippen LogP contribution in [0.25, 0.3) is 5.65 Å². The van der Waals surface area contributed by atoms with E-state index in [2.05, 4.69) is 20.8 Å². The van der Waals surface area contributed by atoms with Gasteiger partial charge in [0.05, 0.1) is 0 Å². The molecule has 0 unspecified atom stereocenters. The van der Waals surface area contributed by atoms with Crippen molar-refractivity contribution in [2.75, 3.05) is 0 Å². The van der Waals surface area contributed by atoms with Crippen molar-refractivity contribution in [3.63, 3.8) is 0 Å². The number of imidazole rings is 1. The van der Waals surface area contributed by atoms with Crippen molar-refractivity contribution in [3.8, 4) is 0 Å². The van der Waals surface area contributed by atoms with Gasteiger partial charge in [0, 0.05) is 12.4 Å². The summed E-state index contributed by atoms with van der Waals surface area (Å²) in [6, 6.07) is 8.52. The van der Waals surface area contributed by atoms with E-state index in [1.807, 2.05) is 0 Å². The maximum Gasteiger partial charge on any atom is 0.289 e. The summed E-state index contributed by atoms with van der Waals surface area (Å²) in [5, 5.41) is 0.0628. The van der Waals surface area contributed by atoms with E-state index in [4.69, 9.17) is 11.6 Å². The fourth-order valence-electron chi connectivity index (χ4n) is 1.88. The summed E-state index contributed by atoms with van der Waals surface area (Å²) < 4.78 is 1.54. The predicted octanol–water partition coefficient (Wildman–Crippen LogP) is 1.39. The fourth-order valence-corrected chi connectivity index (χ4v) is 2.15. The Labute approximate surface area is 123 Å². The minimum Gasteiger partial charge on any atom is -0.357 e. The van der Waals surface area contributed by atoms with E-state index in [0.717, 1.165) is 0 Å². The maximum absolute atomic E-state index is 12.1. The van der Waals surface area contributed by atoms with Gasteiger partial charge in [-0.25, -0.2) is 4.98 Å². The number of halogens is 1. The van der Waals surface area contributed by atoms with Gasteiger partial charge in [-0.2, -0.15) is 0 Å². The number of rotatable bonds is 2. The van der Waals surface area contributed by atoms with Crippen molar-refractivity contribution < 1.29 is 9.59 Å². The Bertz CT molecular complexity index is 809. The number of carbonyl (C=O) groups is 2. The molecule has 0 fully saturated rings. The molecule has 3 aromatic rings. The third-order valence-corrected chi connectivity index (χ3v) is 3.10. The first kappa shape index (κ1) is 13.2. The highest BCUT2D eigenvalue weighted by Gasteiger charge is 2.18. The van der Waals surface area contributed by atoms with Crippen molar-refractivity contribution in [3.05, 3.63) is 59.3 Å². The molecular formula is C13H10ClN5O2. The molecule has 7 nitrogen and oxygen atoms in total. The Balaban J connectivity index is 1.78. The Morgan fingerprint density at radius 1 is 1.14 bits per heavy atom. The van der Waals surface area contributed by atoms with Gasteiger partial charge in [0.15, 0.2) is 10.8 Å². The normalized spacial score (nSPS) is 10.5. The molecular weight excluding hydrogens is 294 g/mol. The van der Waals surface area contributed by atoms with Gasteiger partial charge in [0.2, 0.25) is 0 Å². The van der Waals surface area contributed by atoms with Crippen LogP contribution in [0.3, 0.4) is 0 Å². The number of aromatic amines is 1. The summed E-state index contributed by atoms with van der Waals surface area (Å²) >= 11 is 5.97. The van der Waals surface area contributed by atoms with Crippen molar-refractivity contribution in [2.24, 2.45) is 0 Å². The van der Waals surface area contributed by atoms with Crippen LogP contribution in [0.4, 0.5) is 0 Å². The maximum atomic E-state index is 12.1. The molecule has 0 radical (unpaired) electrons. The molecule has 0 aliphatic rings. The molecule has 3 heterocycles. The van der Waals surface area contributed by atoms with E-state index in [9.17, 15) is 9.59 Å². The van der Waals surface area contributed by atoms with Gasteiger partial charge in [-0.05, 0) is 24.3 Å². The van der Waals surface area contributed by atoms with Crippen molar-refractivity contribution in [1.82, 2.24) is 25.2 Å². The Hall–Kier alpha value is -2.80. The van der Waals surface area contributed by atoms with Crippen molar-refractivity contribution in [2.45, 2.75) is 0 Å². The number of amides is 2. The van der Waals surface area contributed by atoms with Crippen molar-refractivity contribution >= 4 is 29.1 Å². The molecule has 0 aliphatic heterocycles. The van der Waals surface area contributed by atoms with Gasteiger partial charge in [-0.15, -0.1) is 0 Å².